The smallest absolute Gasteiger partial charge is 0.254 e. The van der Waals surface area contributed by atoms with Gasteiger partial charge in [-0.3, -0.25) is 9.59 Å². The van der Waals surface area contributed by atoms with Crippen LogP contribution in [0.3, 0.4) is 0 Å². The van der Waals surface area contributed by atoms with E-state index in [4.69, 9.17) is 9.26 Å². The van der Waals surface area contributed by atoms with Gasteiger partial charge in [0.25, 0.3) is 5.91 Å². The van der Waals surface area contributed by atoms with Gasteiger partial charge in [-0.25, -0.2) is 0 Å². The summed E-state index contributed by atoms with van der Waals surface area (Å²) in [6.45, 7) is 5.27. The van der Waals surface area contributed by atoms with Gasteiger partial charge < -0.3 is 19.5 Å². The zero-order valence-electron chi connectivity index (χ0n) is 14.2. The number of anilines is 1. The third-order valence-corrected chi connectivity index (χ3v) is 3.81. The highest BCUT2D eigenvalue weighted by molar-refractivity contribution is 5.97. The second kappa shape index (κ2) is 7.43. The van der Waals surface area contributed by atoms with Gasteiger partial charge in [0, 0.05) is 31.3 Å². The number of rotatable bonds is 4. The van der Waals surface area contributed by atoms with Gasteiger partial charge in [-0.2, -0.15) is 4.98 Å². The molecule has 0 radical (unpaired) electrons. The van der Waals surface area contributed by atoms with Crippen LogP contribution in [0.15, 0.2) is 28.8 Å². The highest BCUT2D eigenvalue weighted by Crippen LogP contribution is 2.15. The first-order valence-electron chi connectivity index (χ1n) is 8.11. The van der Waals surface area contributed by atoms with E-state index in [0.717, 1.165) is 0 Å². The van der Waals surface area contributed by atoms with E-state index in [1.807, 2.05) is 6.92 Å². The third kappa shape index (κ3) is 4.42. The van der Waals surface area contributed by atoms with Gasteiger partial charge in [0.05, 0.1) is 19.1 Å². The van der Waals surface area contributed by atoms with Crippen LogP contribution in [0.1, 0.15) is 29.0 Å². The summed E-state index contributed by atoms with van der Waals surface area (Å²) >= 11 is 0. The van der Waals surface area contributed by atoms with Crippen molar-refractivity contribution in [2.24, 2.45) is 0 Å². The van der Waals surface area contributed by atoms with E-state index in [0.29, 0.717) is 42.7 Å². The molecule has 2 amide bonds. The summed E-state index contributed by atoms with van der Waals surface area (Å²) in [5.74, 6) is 0.394. The molecule has 0 aliphatic carbocycles. The van der Waals surface area contributed by atoms with Crippen molar-refractivity contribution in [2.75, 3.05) is 25.0 Å². The van der Waals surface area contributed by atoms with Crippen molar-refractivity contribution in [1.29, 1.82) is 0 Å². The second-order valence-electron chi connectivity index (χ2n) is 5.97. The number of nitrogens with zero attached hydrogens (tertiary/aromatic N) is 3. The minimum absolute atomic E-state index is 0.0104. The van der Waals surface area contributed by atoms with Crippen LogP contribution in [0.25, 0.3) is 0 Å². The Balaban J connectivity index is 1.64. The zero-order valence-corrected chi connectivity index (χ0v) is 14.2. The molecular weight excluding hydrogens is 324 g/mol. The van der Waals surface area contributed by atoms with Crippen molar-refractivity contribution in [3.8, 4) is 0 Å². The van der Waals surface area contributed by atoms with E-state index in [1.54, 1.807) is 36.1 Å². The summed E-state index contributed by atoms with van der Waals surface area (Å²) in [6.07, 6.45) is 0.0373. The third-order valence-electron chi connectivity index (χ3n) is 3.81. The molecule has 2 heterocycles. The number of benzene rings is 1. The Hall–Kier alpha value is -2.74. The monoisotopic (exact) mass is 344 g/mol. The van der Waals surface area contributed by atoms with Gasteiger partial charge in [0.2, 0.25) is 11.8 Å². The van der Waals surface area contributed by atoms with Crippen LogP contribution in [-0.2, 0) is 16.0 Å². The molecule has 1 unspecified atom stereocenters. The fourth-order valence-electron chi connectivity index (χ4n) is 2.68. The van der Waals surface area contributed by atoms with Crippen molar-refractivity contribution in [2.45, 2.75) is 26.4 Å². The van der Waals surface area contributed by atoms with Gasteiger partial charge in [-0.15, -0.1) is 0 Å². The lowest BCUT2D eigenvalue weighted by Gasteiger charge is -2.31. The molecule has 1 aliphatic heterocycles. The SMILES string of the molecule is Cc1nc(CC(=O)Nc2cccc(C(=O)N3CCOC(C)C3)c2)no1. The second-order valence-corrected chi connectivity index (χ2v) is 5.97. The lowest BCUT2D eigenvalue weighted by Crippen LogP contribution is -2.44. The maximum atomic E-state index is 12.6. The molecule has 25 heavy (non-hydrogen) atoms. The molecular formula is C17H20N4O4. The number of amides is 2. The maximum Gasteiger partial charge on any atom is 0.254 e. The average Bonchev–Trinajstić information content (AvgIpc) is 2.99. The van der Waals surface area contributed by atoms with Gasteiger partial charge in [0.15, 0.2) is 5.82 Å². The van der Waals surface area contributed by atoms with Crippen molar-refractivity contribution >= 4 is 17.5 Å². The molecule has 8 nitrogen and oxygen atoms in total. The van der Waals surface area contributed by atoms with E-state index < -0.39 is 0 Å². The molecule has 1 aliphatic rings. The van der Waals surface area contributed by atoms with E-state index >= 15 is 0 Å². The van der Waals surface area contributed by atoms with Crippen LogP contribution in [-0.4, -0.2) is 52.7 Å². The Morgan fingerprint density at radius 3 is 2.96 bits per heavy atom. The van der Waals surface area contributed by atoms with Crippen molar-refractivity contribution in [3.63, 3.8) is 0 Å². The van der Waals surface area contributed by atoms with Crippen LogP contribution in [0.2, 0.25) is 0 Å². The molecule has 0 bridgehead atoms. The topological polar surface area (TPSA) is 97.6 Å². The van der Waals surface area contributed by atoms with Gasteiger partial charge in [0.1, 0.15) is 0 Å². The number of ether oxygens (including phenoxy) is 1. The molecule has 2 aromatic rings. The number of carbonyl (C=O) groups excluding carboxylic acids is 2. The van der Waals surface area contributed by atoms with E-state index in [-0.39, 0.29) is 24.3 Å². The Bertz CT molecular complexity index is 774. The highest BCUT2D eigenvalue weighted by atomic mass is 16.5. The first-order valence-corrected chi connectivity index (χ1v) is 8.11. The summed E-state index contributed by atoms with van der Waals surface area (Å²) in [4.78, 5) is 30.4. The number of morpholine rings is 1. The number of aryl methyl sites for hydroxylation is 1. The fraction of sp³-hybridized carbons (Fsp3) is 0.412. The average molecular weight is 344 g/mol. The molecule has 8 heteroatoms. The van der Waals surface area contributed by atoms with E-state index in [2.05, 4.69) is 15.5 Å². The molecule has 1 N–H and O–H groups in total. The van der Waals surface area contributed by atoms with Crippen molar-refractivity contribution in [1.82, 2.24) is 15.0 Å². The number of hydrogen-bond acceptors (Lipinski definition) is 6. The molecule has 1 aromatic carbocycles. The fourth-order valence-corrected chi connectivity index (χ4v) is 2.68. The molecule has 3 rings (SSSR count). The lowest BCUT2D eigenvalue weighted by molar-refractivity contribution is -0.115. The van der Waals surface area contributed by atoms with Gasteiger partial charge in [-0.05, 0) is 25.1 Å². The predicted molar refractivity (Wildman–Crippen MR) is 89.1 cm³/mol. The minimum Gasteiger partial charge on any atom is -0.375 e. The number of aromatic nitrogens is 2. The first-order chi connectivity index (χ1) is 12.0. The summed E-state index contributed by atoms with van der Waals surface area (Å²) in [6, 6.07) is 6.88. The van der Waals surface area contributed by atoms with Crippen molar-refractivity contribution in [3.05, 3.63) is 41.5 Å². The van der Waals surface area contributed by atoms with Crippen LogP contribution in [0, 0.1) is 6.92 Å². The zero-order chi connectivity index (χ0) is 17.8. The molecule has 132 valence electrons. The summed E-state index contributed by atoms with van der Waals surface area (Å²) in [7, 11) is 0. The Kier molecular flexibility index (Phi) is 5.08. The van der Waals surface area contributed by atoms with E-state index in [9.17, 15) is 9.59 Å². The Morgan fingerprint density at radius 1 is 1.40 bits per heavy atom. The summed E-state index contributed by atoms with van der Waals surface area (Å²) < 4.78 is 10.3. The largest absolute Gasteiger partial charge is 0.375 e. The molecule has 1 aromatic heterocycles. The van der Waals surface area contributed by atoms with Crippen molar-refractivity contribution < 1.29 is 18.8 Å². The molecule has 1 atom stereocenters. The highest BCUT2D eigenvalue weighted by Gasteiger charge is 2.22. The molecule has 1 fully saturated rings. The number of carbonyl (C=O) groups is 2. The van der Waals surface area contributed by atoms with E-state index in [1.165, 1.54) is 0 Å². The number of nitrogens with one attached hydrogen (secondary N) is 1. The van der Waals surface area contributed by atoms with Crippen LogP contribution < -0.4 is 5.32 Å². The molecule has 0 saturated carbocycles. The maximum absolute atomic E-state index is 12.6. The quantitative estimate of drug-likeness (QED) is 0.901. The Morgan fingerprint density at radius 2 is 2.24 bits per heavy atom. The van der Waals surface area contributed by atoms with Gasteiger partial charge >= 0.3 is 0 Å². The Labute approximate surface area is 145 Å². The molecule has 1 saturated heterocycles. The van der Waals surface area contributed by atoms with Gasteiger partial charge in [-0.1, -0.05) is 11.2 Å². The van der Waals surface area contributed by atoms with Crippen LogP contribution in [0.5, 0.6) is 0 Å². The minimum atomic E-state index is -0.273. The predicted octanol–water partition coefficient (Wildman–Crippen LogP) is 1.42. The van der Waals surface area contributed by atoms with Crippen LogP contribution >= 0.6 is 0 Å². The molecule has 0 spiro atoms. The lowest BCUT2D eigenvalue weighted by atomic mass is 10.1. The van der Waals surface area contributed by atoms with Crippen LogP contribution in [0.4, 0.5) is 5.69 Å². The first kappa shape index (κ1) is 17.1. The standard InChI is InChI=1S/C17H20N4O4/c1-11-10-21(6-7-24-11)17(23)13-4-3-5-14(8-13)19-16(22)9-15-18-12(2)25-20-15/h3-5,8,11H,6-7,9-10H2,1-2H3,(H,19,22). The normalized spacial score (nSPS) is 17.4. The summed E-state index contributed by atoms with van der Waals surface area (Å²) in [5.41, 5.74) is 1.08. The summed E-state index contributed by atoms with van der Waals surface area (Å²) in [5, 5.41) is 6.44. The number of hydrogen-bond donors (Lipinski definition) is 1.